The summed E-state index contributed by atoms with van der Waals surface area (Å²) < 4.78 is 0. The fourth-order valence-electron chi connectivity index (χ4n) is 0.260. The second-order valence-corrected chi connectivity index (χ2v) is 4.14. The smallest absolute Gasteiger partial charge is 0.208 e. The predicted molar refractivity (Wildman–Crippen MR) is 43.7 cm³/mol. The Morgan fingerprint density at radius 1 is 1.44 bits per heavy atom. The molecule has 9 heavy (non-hydrogen) atoms. The van der Waals surface area contributed by atoms with E-state index < -0.39 is 0 Å². The Morgan fingerprint density at radius 3 is 2.00 bits per heavy atom. The van der Waals surface area contributed by atoms with E-state index in [0.717, 1.165) is 0 Å². The first-order valence-electron chi connectivity index (χ1n) is 2.93. The first-order valence-corrected chi connectivity index (χ1v) is 3.81. The zero-order valence-corrected chi connectivity index (χ0v) is 7.21. The molecular weight excluding hydrogens is 131 g/mol. The van der Waals surface area contributed by atoms with Crippen molar-refractivity contribution in [3.05, 3.63) is 0 Å². The lowest BCUT2D eigenvalue weighted by atomic mass is 9.73. The maximum Gasteiger partial charge on any atom is 0.208 e. The average molecular weight is 143 g/mol. The topological polar surface area (TPSA) is 17.1 Å². The lowest BCUT2D eigenvalue weighted by Gasteiger charge is -2.13. The van der Waals surface area contributed by atoms with Crippen LogP contribution in [0.4, 0.5) is 0 Å². The van der Waals surface area contributed by atoms with Gasteiger partial charge in [0.25, 0.3) is 0 Å². The molecule has 0 aromatic heterocycles. The summed E-state index contributed by atoms with van der Waals surface area (Å²) in [6, 6.07) is 0. The number of rotatable bonds is 1. The normalized spacial score (nSPS) is 11.1. The second kappa shape index (κ2) is 3.30. The third-order valence-corrected chi connectivity index (χ3v) is 1.74. The second-order valence-electron chi connectivity index (χ2n) is 3.09. The molecule has 0 saturated carbocycles. The van der Waals surface area contributed by atoms with E-state index in [2.05, 4.69) is 20.8 Å². The Hall–Kier alpha value is 0.0849. The van der Waals surface area contributed by atoms with E-state index in [0.29, 0.717) is 0 Å². The van der Waals surface area contributed by atoms with E-state index in [4.69, 9.17) is 0 Å². The third kappa shape index (κ3) is 8.08. The van der Waals surface area contributed by atoms with Crippen LogP contribution in [0.1, 0.15) is 27.7 Å². The molecule has 0 fully saturated rings. The Bertz CT molecular complexity index is 106. The predicted octanol–water partition coefficient (Wildman–Crippen LogP) is 2.10. The molecule has 0 amide bonds. The minimum Gasteiger partial charge on any atom is -0.289 e. The standard InChI is InChI=1S/C6H12BOS/c1-5(8)9-7-6(2,3)4/h1-4H3. The third-order valence-electron chi connectivity index (χ3n) is 0.578. The fourth-order valence-corrected chi connectivity index (χ4v) is 0.779. The van der Waals surface area contributed by atoms with Crippen molar-refractivity contribution in [2.24, 2.45) is 0 Å². The van der Waals surface area contributed by atoms with Gasteiger partial charge in [-0.2, -0.15) is 0 Å². The lowest BCUT2D eigenvalue weighted by Crippen LogP contribution is -2.05. The van der Waals surface area contributed by atoms with Gasteiger partial charge in [0, 0.05) is 6.92 Å². The molecule has 0 atom stereocenters. The highest BCUT2D eigenvalue weighted by Crippen LogP contribution is 2.25. The van der Waals surface area contributed by atoms with Crippen LogP contribution < -0.4 is 0 Å². The lowest BCUT2D eigenvalue weighted by molar-refractivity contribution is -0.109. The van der Waals surface area contributed by atoms with Crippen LogP contribution >= 0.6 is 11.6 Å². The van der Waals surface area contributed by atoms with Crippen molar-refractivity contribution in [1.82, 2.24) is 0 Å². The quantitative estimate of drug-likeness (QED) is 0.523. The van der Waals surface area contributed by atoms with Crippen LogP contribution in [0.15, 0.2) is 0 Å². The van der Waals surface area contributed by atoms with Gasteiger partial charge in [-0.05, 0) is 0 Å². The van der Waals surface area contributed by atoms with Gasteiger partial charge in [0.1, 0.15) is 0 Å². The summed E-state index contributed by atoms with van der Waals surface area (Å²) in [6.07, 6.45) is 0. The van der Waals surface area contributed by atoms with Crippen LogP contribution in [-0.4, -0.2) is 11.7 Å². The molecule has 0 aliphatic rings. The summed E-state index contributed by atoms with van der Waals surface area (Å²) in [7, 11) is 0. The van der Waals surface area contributed by atoms with Gasteiger partial charge in [0.2, 0.25) is 6.56 Å². The van der Waals surface area contributed by atoms with Crippen molar-refractivity contribution in [3.8, 4) is 0 Å². The van der Waals surface area contributed by atoms with Crippen molar-refractivity contribution >= 4 is 23.3 Å². The Morgan fingerprint density at radius 2 is 1.89 bits per heavy atom. The molecule has 51 valence electrons. The molecule has 0 aromatic rings. The molecule has 0 spiro atoms. The molecule has 0 unspecified atom stereocenters. The van der Waals surface area contributed by atoms with Gasteiger partial charge in [-0.1, -0.05) is 26.1 Å². The van der Waals surface area contributed by atoms with Gasteiger partial charge < -0.3 is 0 Å². The van der Waals surface area contributed by atoms with Crippen LogP contribution in [0.5, 0.6) is 0 Å². The van der Waals surface area contributed by atoms with Crippen LogP contribution in [-0.2, 0) is 4.79 Å². The van der Waals surface area contributed by atoms with Crippen molar-refractivity contribution in [3.63, 3.8) is 0 Å². The maximum atomic E-state index is 10.4. The highest BCUT2D eigenvalue weighted by atomic mass is 32.2. The van der Waals surface area contributed by atoms with Crippen molar-refractivity contribution < 1.29 is 4.79 Å². The molecule has 0 heterocycles. The van der Waals surface area contributed by atoms with Gasteiger partial charge in [-0.3, -0.25) is 4.79 Å². The number of carbonyl (C=O) groups excluding carboxylic acids is 1. The summed E-state index contributed by atoms with van der Waals surface area (Å²) in [5, 5.41) is 0.306. The van der Waals surface area contributed by atoms with Crippen molar-refractivity contribution in [2.45, 2.75) is 33.0 Å². The van der Waals surface area contributed by atoms with Gasteiger partial charge in [-0.25, -0.2) is 0 Å². The zero-order valence-electron chi connectivity index (χ0n) is 6.39. The molecule has 0 saturated heterocycles. The van der Waals surface area contributed by atoms with Gasteiger partial charge in [-0.15, -0.1) is 11.6 Å². The minimum absolute atomic E-state index is 0.149. The Kier molecular flexibility index (Phi) is 3.33. The molecule has 0 bridgehead atoms. The molecule has 1 radical (unpaired) electrons. The van der Waals surface area contributed by atoms with Crippen LogP contribution in [0, 0.1) is 0 Å². The van der Waals surface area contributed by atoms with E-state index in [1.807, 2.05) is 6.56 Å². The summed E-state index contributed by atoms with van der Waals surface area (Å²) >= 11 is 1.27. The molecule has 0 aliphatic heterocycles. The largest absolute Gasteiger partial charge is 0.289 e. The summed E-state index contributed by atoms with van der Waals surface area (Å²) in [5.74, 6) is 0. The van der Waals surface area contributed by atoms with E-state index >= 15 is 0 Å². The molecule has 0 aromatic carbocycles. The van der Waals surface area contributed by atoms with Crippen LogP contribution in [0.3, 0.4) is 0 Å². The first-order chi connectivity index (χ1) is 3.92. The fraction of sp³-hybridized carbons (Fsp3) is 0.833. The SMILES string of the molecule is CC(=O)S[B]C(C)(C)C. The summed E-state index contributed by atoms with van der Waals surface area (Å²) in [5.41, 5.74) is 0. The summed E-state index contributed by atoms with van der Waals surface area (Å²) in [6.45, 7) is 9.75. The van der Waals surface area contributed by atoms with Gasteiger partial charge in [0.15, 0.2) is 5.12 Å². The van der Waals surface area contributed by atoms with E-state index in [-0.39, 0.29) is 10.4 Å². The van der Waals surface area contributed by atoms with E-state index in [9.17, 15) is 4.79 Å². The summed E-state index contributed by atoms with van der Waals surface area (Å²) in [4.78, 5) is 10.4. The molecule has 0 N–H and O–H groups in total. The average Bonchev–Trinajstić information content (AvgIpc) is 1.59. The minimum atomic E-state index is 0.149. The Balaban J connectivity index is 3.39. The van der Waals surface area contributed by atoms with E-state index in [1.165, 1.54) is 11.6 Å². The zero-order chi connectivity index (χ0) is 7.49. The van der Waals surface area contributed by atoms with Crippen molar-refractivity contribution in [2.75, 3.05) is 0 Å². The molecular formula is C6H12BOS. The van der Waals surface area contributed by atoms with Crippen molar-refractivity contribution in [1.29, 1.82) is 0 Å². The van der Waals surface area contributed by atoms with E-state index in [1.54, 1.807) is 6.92 Å². The molecule has 0 rings (SSSR count). The molecule has 3 heteroatoms. The number of hydrogen-bond donors (Lipinski definition) is 0. The van der Waals surface area contributed by atoms with Crippen LogP contribution in [0.2, 0.25) is 5.31 Å². The number of carbonyl (C=O) groups is 1. The Labute approximate surface area is 61.7 Å². The highest BCUT2D eigenvalue weighted by Gasteiger charge is 2.13. The van der Waals surface area contributed by atoms with Gasteiger partial charge >= 0.3 is 0 Å². The maximum absolute atomic E-state index is 10.4. The number of hydrogen-bond acceptors (Lipinski definition) is 2. The first kappa shape index (κ1) is 9.08. The van der Waals surface area contributed by atoms with Crippen LogP contribution in [0.25, 0.3) is 0 Å². The monoisotopic (exact) mass is 143 g/mol. The highest BCUT2D eigenvalue weighted by molar-refractivity contribution is 8.33. The van der Waals surface area contributed by atoms with Gasteiger partial charge in [0.05, 0.1) is 0 Å². The molecule has 1 nitrogen and oxygen atoms in total. The molecule has 0 aliphatic carbocycles.